The van der Waals surface area contributed by atoms with E-state index < -0.39 is 98.8 Å². The molecule has 6 aromatic rings. The number of aromatic nitrogens is 8. The Morgan fingerprint density at radius 3 is 2.37 bits per heavy atom. The minimum Gasteiger partial charge on any atom is -0.354 e. The molecule has 0 radical (unpaired) electrons. The highest BCUT2D eigenvalue weighted by atomic mass is 35.5. The van der Waals surface area contributed by atoms with Crippen LogP contribution in [-0.2, 0) is 51.7 Å². The number of nitrogens with zero attached hydrogens (tertiary/aromatic N) is 9. The van der Waals surface area contributed by atoms with Gasteiger partial charge in [-0.15, -0.1) is 14.8 Å². The van der Waals surface area contributed by atoms with Crippen molar-refractivity contribution in [1.29, 1.82) is 0 Å². The molecule has 1 amide bonds. The van der Waals surface area contributed by atoms with E-state index in [4.69, 9.17) is 11.6 Å². The van der Waals surface area contributed by atoms with Gasteiger partial charge in [-0.25, -0.2) is 17.2 Å². The molecule has 4 aromatic heterocycles. The van der Waals surface area contributed by atoms with Crippen molar-refractivity contribution in [2.75, 3.05) is 29.0 Å². The molecule has 9 rings (SSSR count). The number of hydrogen-bond donors (Lipinski definition) is 2. The van der Waals surface area contributed by atoms with Crippen LogP contribution < -0.4 is 20.5 Å². The van der Waals surface area contributed by atoms with E-state index in [0.717, 1.165) is 27.6 Å². The molecule has 1 aliphatic heterocycles. The summed E-state index contributed by atoms with van der Waals surface area (Å²) in [7, 11) is -2.54. The summed E-state index contributed by atoms with van der Waals surface area (Å²) >= 11 is 6.59. The molecule has 1 saturated carbocycles. The van der Waals surface area contributed by atoms with E-state index in [-0.39, 0.29) is 82.5 Å². The van der Waals surface area contributed by atoms with Crippen LogP contribution in [0.15, 0.2) is 41.2 Å². The molecule has 0 bridgehead atoms. The minimum absolute atomic E-state index is 0.0155. The van der Waals surface area contributed by atoms with Gasteiger partial charge in [-0.05, 0) is 42.2 Å². The number of halogens is 8. The summed E-state index contributed by atoms with van der Waals surface area (Å²) in [5.74, 6) is -9.89. The number of alkyl halides is 5. The van der Waals surface area contributed by atoms with Gasteiger partial charge >= 0.3 is 6.18 Å². The first-order chi connectivity index (χ1) is 29.1. The number of fused-ring (bicyclic) bond motifs is 5. The smallest absolute Gasteiger partial charge is 0.354 e. The van der Waals surface area contributed by atoms with Crippen LogP contribution in [0.3, 0.4) is 0 Å². The molecule has 5 heterocycles. The number of benzene rings is 2. The van der Waals surface area contributed by atoms with Crippen LogP contribution in [0.5, 0.6) is 0 Å². The number of sulfonamides is 1. The van der Waals surface area contributed by atoms with Crippen LogP contribution in [0.4, 0.5) is 42.4 Å². The Hall–Kier alpha value is -6.04. The van der Waals surface area contributed by atoms with Crippen molar-refractivity contribution in [2.45, 2.75) is 56.3 Å². The topological polar surface area (TPSA) is 183 Å². The molecule has 2 N–H and O–H groups in total. The maximum atomic E-state index is 15.5. The van der Waals surface area contributed by atoms with Crippen molar-refractivity contribution in [2.24, 2.45) is 13.0 Å². The normalized spacial score (nSPS) is 18.9. The molecule has 0 spiro atoms. The number of anilines is 2. The molecule has 0 unspecified atom stereocenters. The first kappa shape index (κ1) is 41.3. The van der Waals surface area contributed by atoms with Gasteiger partial charge in [0.1, 0.15) is 29.7 Å². The zero-order valence-electron chi connectivity index (χ0n) is 32.1. The highest BCUT2D eigenvalue weighted by Crippen LogP contribution is 2.68. The average Bonchev–Trinajstić information content (AvgIpc) is 3.40. The lowest BCUT2D eigenvalue weighted by atomic mass is 10.0. The fourth-order valence-electron chi connectivity index (χ4n) is 8.47. The first-order valence-electron chi connectivity index (χ1n) is 18.8. The monoisotopic (exact) mass is 909 g/mol. The van der Waals surface area contributed by atoms with Crippen molar-refractivity contribution in [3.63, 3.8) is 0 Å². The minimum atomic E-state index is -5.13. The summed E-state index contributed by atoms with van der Waals surface area (Å²) < 4.78 is 133. The Bertz CT molecular complexity index is 3040. The van der Waals surface area contributed by atoms with Crippen LogP contribution in [0, 0.1) is 17.6 Å². The molecule has 62 heavy (non-hydrogen) atoms. The van der Waals surface area contributed by atoms with E-state index in [2.05, 4.69) is 30.4 Å². The number of hydrogen-bond acceptors (Lipinski definition) is 10. The highest BCUT2D eigenvalue weighted by molar-refractivity contribution is 7.92. The van der Waals surface area contributed by atoms with Gasteiger partial charge in [0.05, 0.1) is 33.9 Å². The van der Waals surface area contributed by atoms with Gasteiger partial charge in [0.2, 0.25) is 15.9 Å². The number of carbonyl (C=O) groups excluding carboxylic acids is 2. The van der Waals surface area contributed by atoms with Crippen LogP contribution >= 0.6 is 11.6 Å². The van der Waals surface area contributed by atoms with E-state index >= 15 is 8.78 Å². The maximum absolute atomic E-state index is 15.5. The summed E-state index contributed by atoms with van der Waals surface area (Å²) in [6.45, 7) is -0.671. The standard InChI is InChI=1S/C37H31ClF7N11O5S/c1-52-30-24(4-3-22(38)29(30)33(49-52)51-62(2,60)61)55-34(50-56-25(35(55)59)14-26(47-56)53-7-5-19(57)6-8-53)23(11-16-9-17(39)12-18(40)10-16)46-27(58)15-54-32-28(31(48-54)37(43,44)45)20-13-21(20)36(32,41)42/h3-4,9-10,12,14,20-21,23H,5-8,11,13,15H2,1-2H3,(H,46,58)(H,49,51)/t20-,21+,23-/m0/s1. The molecular formula is C37H31ClF7N11O5S. The molecule has 3 aliphatic rings. The van der Waals surface area contributed by atoms with Gasteiger partial charge < -0.3 is 10.2 Å². The Morgan fingerprint density at radius 2 is 1.71 bits per heavy atom. The zero-order valence-corrected chi connectivity index (χ0v) is 33.7. The van der Waals surface area contributed by atoms with Crippen molar-refractivity contribution < 1.29 is 48.7 Å². The van der Waals surface area contributed by atoms with Gasteiger partial charge in [-0.1, -0.05) is 11.6 Å². The number of rotatable bonds is 10. The fourth-order valence-corrected chi connectivity index (χ4v) is 9.20. The number of Topliss-reactive ketones (excluding diaryl/α,β-unsaturated/α-hetero) is 1. The molecule has 2 aromatic carbocycles. The van der Waals surface area contributed by atoms with Crippen LogP contribution in [-0.4, -0.2) is 78.4 Å². The second-order valence-corrected chi connectivity index (χ2v) is 17.6. The van der Waals surface area contributed by atoms with Gasteiger partial charge in [0.25, 0.3) is 11.5 Å². The molecule has 3 atom stereocenters. The largest absolute Gasteiger partial charge is 0.435 e. The molecule has 326 valence electrons. The van der Waals surface area contributed by atoms with Crippen molar-refractivity contribution in [3.8, 4) is 5.69 Å². The molecule has 2 fully saturated rings. The number of aryl methyl sites for hydroxylation is 1. The summed E-state index contributed by atoms with van der Waals surface area (Å²) in [5.41, 5.74) is -4.44. The lowest BCUT2D eigenvalue weighted by Crippen LogP contribution is -2.39. The van der Waals surface area contributed by atoms with Crippen LogP contribution in [0.25, 0.3) is 22.1 Å². The Labute approximate surface area is 349 Å². The van der Waals surface area contributed by atoms with Crippen LogP contribution in [0.2, 0.25) is 5.02 Å². The second kappa shape index (κ2) is 14.3. The van der Waals surface area contributed by atoms with E-state index in [1.807, 2.05) is 0 Å². The summed E-state index contributed by atoms with van der Waals surface area (Å²) in [4.78, 5) is 42.7. The summed E-state index contributed by atoms with van der Waals surface area (Å²) in [5, 5.41) is 19.3. The Morgan fingerprint density at radius 1 is 1.02 bits per heavy atom. The summed E-state index contributed by atoms with van der Waals surface area (Å²) in [6, 6.07) is 4.84. The van der Waals surface area contributed by atoms with Gasteiger partial charge in [-0.3, -0.25) is 33.0 Å². The quantitative estimate of drug-likeness (QED) is 0.182. The molecule has 16 nitrogen and oxygen atoms in total. The van der Waals surface area contributed by atoms with Gasteiger partial charge in [0, 0.05) is 63.0 Å². The van der Waals surface area contributed by atoms with E-state index in [1.165, 1.54) is 29.9 Å². The second-order valence-electron chi connectivity index (χ2n) is 15.5. The zero-order chi connectivity index (χ0) is 44.4. The first-order valence-corrected chi connectivity index (χ1v) is 21.1. The molecule has 2 aliphatic carbocycles. The average molecular weight is 910 g/mol. The van der Waals surface area contributed by atoms with Crippen molar-refractivity contribution in [3.05, 3.63) is 91.7 Å². The SMILES string of the molecule is Cn1nc(NS(C)(=O)=O)c2c(Cl)ccc(-n3c([C@H](Cc4cc(F)cc(F)c4)NC(=O)Cn4nc(C(F)(F)F)c5c4C(F)(F)[C@@H]4C[C@H]54)nn4nc(N5CCC(=O)CC5)cc4c3=O)c21. The Balaban J connectivity index is 1.23. The predicted octanol–water partition coefficient (Wildman–Crippen LogP) is 4.76. The highest BCUT2D eigenvalue weighted by Gasteiger charge is 2.68. The number of nitrogens with one attached hydrogen (secondary N) is 2. The number of amides is 1. The Kier molecular flexibility index (Phi) is 9.50. The molecular weight excluding hydrogens is 879 g/mol. The molecule has 25 heteroatoms. The lowest BCUT2D eigenvalue weighted by molar-refractivity contribution is -0.142. The number of carbonyl (C=O) groups is 2. The number of ketones is 1. The predicted molar refractivity (Wildman–Crippen MR) is 206 cm³/mol. The third kappa shape index (κ3) is 7.10. The third-order valence-electron chi connectivity index (χ3n) is 11.1. The van der Waals surface area contributed by atoms with Crippen molar-refractivity contribution in [1.82, 2.24) is 44.3 Å². The third-order valence-corrected chi connectivity index (χ3v) is 12.0. The van der Waals surface area contributed by atoms with Crippen LogP contribution in [0.1, 0.15) is 59.6 Å². The van der Waals surface area contributed by atoms with E-state index in [9.17, 15) is 44.8 Å². The van der Waals surface area contributed by atoms with Gasteiger partial charge in [0.15, 0.2) is 28.7 Å². The summed E-state index contributed by atoms with van der Waals surface area (Å²) in [6.07, 6.45) is -4.62. The van der Waals surface area contributed by atoms with Gasteiger partial charge in [-0.2, -0.15) is 32.1 Å². The maximum Gasteiger partial charge on any atom is 0.435 e. The van der Waals surface area contributed by atoms with E-state index in [1.54, 1.807) is 4.90 Å². The lowest BCUT2D eigenvalue weighted by Gasteiger charge is -2.25. The van der Waals surface area contributed by atoms with E-state index in [0.29, 0.717) is 10.7 Å². The number of piperidine rings is 1. The molecule has 1 saturated heterocycles. The fraction of sp³-hybridized carbons (Fsp3) is 0.378. The van der Waals surface area contributed by atoms with Crippen molar-refractivity contribution >= 4 is 61.4 Å².